The Morgan fingerprint density at radius 2 is 0.463 bits per heavy atom. The third kappa shape index (κ3) is 39.9. The molecule has 0 saturated carbocycles. The van der Waals surface area contributed by atoms with Gasteiger partial charge in [-0.3, -0.25) is 0 Å². The molecular formula is C39H82N2. The highest BCUT2D eigenvalue weighted by molar-refractivity contribution is 4.54. The van der Waals surface area contributed by atoms with Crippen molar-refractivity contribution in [1.82, 2.24) is 5.32 Å². The van der Waals surface area contributed by atoms with Gasteiger partial charge in [0.2, 0.25) is 0 Å². The molecule has 0 amide bonds. The van der Waals surface area contributed by atoms with Crippen LogP contribution in [0.25, 0.3) is 0 Å². The Bertz CT molecular complexity index is 386. The van der Waals surface area contributed by atoms with E-state index in [-0.39, 0.29) is 0 Å². The maximum absolute atomic E-state index is 5.51. The fourth-order valence-corrected chi connectivity index (χ4v) is 6.33. The van der Waals surface area contributed by atoms with Gasteiger partial charge >= 0.3 is 0 Å². The molecule has 0 bridgehead atoms. The van der Waals surface area contributed by atoms with Crippen LogP contribution in [0.2, 0.25) is 0 Å². The smallest absolute Gasteiger partial charge is 0.00369 e. The normalized spacial score (nSPS) is 11.6. The summed E-state index contributed by atoms with van der Waals surface area (Å²) in [4.78, 5) is 0. The maximum atomic E-state index is 5.51. The van der Waals surface area contributed by atoms with Crippen molar-refractivity contribution in [3.8, 4) is 0 Å². The van der Waals surface area contributed by atoms with Gasteiger partial charge in [-0.25, -0.2) is 0 Å². The summed E-state index contributed by atoms with van der Waals surface area (Å²) in [5.74, 6) is 0. The number of hydrogen-bond donors (Lipinski definition) is 2. The second kappa shape index (κ2) is 39.9. The van der Waals surface area contributed by atoms with Gasteiger partial charge in [0.25, 0.3) is 0 Å². The number of nitrogens with two attached hydrogens (primary N) is 1. The first-order valence-electron chi connectivity index (χ1n) is 19.8. The average Bonchev–Trinajstić information content (AvgIpc) is 2.98. The van der Waals surface area contributed by atoms with E-state index >= 15 is 0 Å². The predicted octanol–water partition coefficient (Wildman–Crippen LogP) is 13.2. The van der Waals surface area contributed by atoms with Gasteiger partial charge in [0.05, 0.1) is 0 Å². The van der Waals surface area contributed by atoms with Crippen LogP contribution in [0.1, 0.15) is 232 Å². The summed E-state index contributed by atoms with van der Waals surface area (Å²) >= 11 is 0. The lowest BCUT2D eigenvalue weighted by molar-refractivity contribution is 0.510. The zero-order chi connectivity index (χ0) is 29.6. The van der Waals surface area contributed by atoms with Crippen LogP contribution in [-0.4, -0.2) is 19.6 Å². The molecule has 0 spiro atoms. The molecule has 0 aromatic rings. The second-order valence-electron chi connectivity index (χ2n) is 13.6. The first kappa shape index (κ1) is 40.9. The largest absolute Gasteiger partial charge is 0.330 e. The first-order chi connectivity index (χ1) is 20.4. The average molecular weight is 579 g/mol. The molecular weight excluding hydrogens is 496 g/mol. The molecule has 0 radical (unpaired) electrons. The molecule has 0 unspecified atom stereocenters. The summed E-state index contributed by atoms with van der Waals surface area (Å²) in [5, 5.41) is 3.48. The van der Waals surface area contributed by atoms with Crippen LogP contribution in [0.15, 0.2) is 0 Å². The highest BCUT2D eigenvalue weighted by atomic mass is 14.8. The van der Waals surface area contributed by atoms with Crippen molar-refractivity contribution in [2.75, 3.05) is 19.6 Å². The summed E-state index contributed by atoms with van der Waals surface area (Å²) in [7, 11) is 0. The molecule has 0 aromatic heterocycles. The number of nitrogens with one attached hydrogen (secondary N) is 1. The van der Waals surface area contributed by atoms with E-state index in [1.54, 1.807) is 0 Å². The molecule has 0 aliphatic rings. The Morgan fingerprint density at radius 3 is 0.683 bits per heavy atom. The Hall–Kier alpha value is -0.0800. The lowest BCUT2D eigenvalue weighted by Crippen LogP contribution is -2.19. The van der Waals surface area contributed by atoms with E-state index in [2.05, 4.69) is 12.2 Å². The molecule has 0 fully saturated rings. The molecule has 0 saturated heterocycles. The number of hydrogen-bond acceptors (Lipinski definition) is 2. The number of unbranched alkanes of at least 4 members (excludes halogenated alkanes) is 33. The molecule has 0 heterocycles. The first-order valence-corrected chi connectivity index (χ1v) is 19.8. The summed E-state index contributed by atoms with van der Waals surface area (Å²) in [6.07, 6.45) is 51.1. The van der Waals surface area contributed by atoms with E-state index in [4.69, 9.17) is 5.73 Å². The van der Waals surface area contributed by atoms with Gasteiger partial charge in [-0.2, -0.15) is 0 Å². The molecule has 0 aromatic carbocycles. The molecule has 3 N–H and O–H groups in total. The molecule has 0 atom stereocenters. The third-order valence-electron chi connectivity index (χ3n) is 9.26. The van der Waals surface area contributed by atoms with Crippen molar-refractivity contribution in [2.24, 2.45) is 5.73 Å². The lowest BCUT2D eigenvalue weighted by atomic mass is 10.0. The Morgan fingerprint density at radius 1 is 0.268 bits per heavy atom. The zero-order valence-corrected chi connectivity index (χ0v) is 28.9. The minimum Gasteiger partial charge on any atom is -0.330 e. The van der Waals surface area contributed by atoms with E-state index in [1.165, 1.54) is 225 Å². The van der Waals surface area contributed by atoms with Gasteiger partial charge in [0.1, 0.15) is 0 Å². The Kier molecular flexibility index (Phi) is 39.8. The maximum Gasteiger partial charge on any atom is -0.00369 e. The van der Waals surface area contributed by atoms with Crippen molar-refractivity contribution >= 4 is 0 Å². The van der Waals surface area contributed by atoms with Crippen molar-refractivity contribution in [3.63, 3.8) is 0 Å². The second-order valence-corrected chi connectivity index (χ2v) is 13.6. The third-order valence-corrected chi connectivity index (χ3v) is 9.26. The highest BCUT2D eigenvalue weighted by Crippen LogP contribution is 2.17. The van der Waals surface area contributed by atoms with Crippen molar-refractivity contribution in [3.05, 3.63) is 0 Å². The topological polar surface area (TPSA) is 38.0 Å². The fourth-order valence-electron chi connectivity index (χ4n) is 6.33. The van der Waals surface area contributed by atoms with Crippen LogP contribution in [0, 0.1) is 0 Å². The predicted molar refractivity (Wildman–Crippen MR) is 189 cm³/mol. The summed E-state index contributed by atoms with van der Waals surface area (Å²) in [6, 6.07) is 0. The van der Waals surface area contributed by atoms with Crippen LogP contribution < -0.4 is 11.1 Å². The van der Waals surface area contributed by atoms with Gasteiger partial charge in [-0.05, 0) is 32.5 Å². The fraction of sp³-hybridized carbons (Fsp3) is 1.00. The van der Waals surface area contributed by atoms with Crippen molar-refractivity contribution < 1.29 is 0 Å². The summed E-state index contributed by atoms with van der Waals surface area (Å²) < 4.78 is 0. The van der Waals surface area contributed by atoms with Crippen LogP contribution in [0.4, 0.5) is 0 Å². The van der Waals surface area contributed by atoms with Gasteiger partial charge in [-0.1, -0.05) is 219 Å². The van der Waals surface area contributed by atoms with Gasteiger partial charge in [0, 0.05) is 0 Å². The zero-order valence-electron chi connectivity index (χ0n) is 28.9. The van der Waals surface area contributed by atoms with Crippen LogP contribution >= 0.6 is 0 Å². The lowest BCUT2D eigenvalue weighted by Gasteiger charge is -2.05. The van der Waals surface area contributed by atoms with Crippen molar-refractivity contribution in [2.45, 2.75) is 232 Å². The summed E-state index contributed by atoms with van der Waals surface area (Å²) in [6.45, 7) is 5.39. The highest BCUT2D eigenvalue weighted by Gasteiger charge is 1.97. The van der Waals surface area contributed by atoms with E-state index in [1.807, 2.05) is 0 Å². The van der Waals surface area contributed by atoms with Gasteiger partial charge in [-0.15, -0.1) is 0 Å². The minimum atomic E-state index is 0.812. The number of rotatable bonds is 38. The van der Waals surface area contributed by atoms with E-state index < -0.39 is 0 Å². The molecule has 0 aliphatic carbocycles. The van der Waals surface area contributed by atoms with Gasteiger partial charge in [0.15, 0.2) is 0 Å². The van der Waals surface area contributed by atoms with Crippen molar-refractivity contribution in [1.29, 1.82) is 0 Å². The Labute approximate surface area is 261 Å². The standard InChI is InChI=1S/C39H82N2/c1-2-3-4-5-6-7-8-9-10-11-12-13-14-15-16-17-18-19-20-21-22-23-24-25-26-27-28-29-30-31-32-33-34-35-38-41-39-36-37-40/h41H,2-40H2,1H3. The van der Waals surface area contributed by atoms with Gasteiger partial charge < -0.3 is 11.1 Å². The quantitative estimate of drug-likeness (QED) is 0.0715. The van der Waals surface area contributed by atoms with E-state index in [0.717, 1.165) is 19.5 Å². The van der Waals surface area contributed by atoms with Crippen LogP contribution in [-0.2, 0) is 0 Å². The van der Waals surface area contributed by atoms with Crippen LogP contribution in [0.5, 0.6) is 0 Å². The molecule has 0 aliphatic heterocycles. The van der Waals surface area contributed by atoms with E-state index in [0.29, 0.717) is 0 Å². The monoisotopic (exact) mass is 579 g/mol. The minimum absolute atomic E-state index is 0.812. The molecule has 248 valence electrons. The SMILES string of the molecule is CCCCCCCCCCCCCCCCCCCCCCCCCCCCCCCCCCCCNCCCN. The van der Waals surface area contributed by atoms with Crippen LogP contribution in [0.3, 0.4) is 0 Å². The molecule has 2 heteroatoms. The summed E-state index contributed by atoms with van der Waals surface area (Å²) in [5.41, 5.74) is 5.51. The molecule has 0 rings (SSSR count). The van der Waals surface area contributed by atoms with E-state index in [9.17, 15) is 0 Å². The molecule has 2 nitrogen and oxygen atoms in total. The Balaban J connectivity index is 3.02. The molecule has 41 heavy (non-hydrogen) atoms.